The first-order valence-corrected chi connectivity index (χ1v) is 15.5. The van der Waals surface area contributed by atoms with Gasteiger partial charge in [-0.3, -0.25) is 0 Å². The molecule has 0 aliphatic heterocycles. The van der Waals surface area contributed by atoms with Gasteiger partial charge in [-0.15, -0.1) is 0 Å². The van der Waals surface area contributed by atoms with Gasteiger partial charge in [-0.25, -0.2) is 15.0 Å². The molecule has 1 heterocycles. The van der Waals surface area contributed by atoms with Crippen LogP contribution in [0.25, 0.3) is 88.4 Å². The molecule has 0 bridgehead atoms. The Bertz CT molecular complexity index is 2590. The highest BCUT2D eigenvalue weighted by Crippen LogP contribution is 2.36. The fourth-order valence-electron chi connectivity index (χ4n) is 6.60. The van der Waals surface area contributed by atoms with E-state index in [-0.39, 0.29) is 0 Å². The number of hydrogen-bond acceptors (Lipinski definition) is 3. The van der Waals surface area contributed by atoms with E-state index in [1.54, 1.807) is 0 Å². The van der Waals surface area contributed by atoms with Crippen LogP contribution in [-0.4, -0.2) is 15.0 Å². The molecule has 0 aliphatic rings. The summed E-state index contributed by atoms with van der Waals surface area (Å²) in [5, 5.41) is 9.47. The van der Waals surface area contributed by atoms with Gasteiger partial charge in [0, 0.05) is 16.7 Å². The minimum Gasteiger partial charge on any atom is -0.208 e. The van der Waals surface area contributed by atoms with Crippen LogP contribution in [0.15, 0.2) is 164 Å². The average molecular weight is 586 g/mol. The van der Waals surface area contributed by atoms with Crippen molar-refractivity contribution in [3.8, 4) is 45.3 Å². The summed E-state index contributed by atoms with van der Waals surface area (Å²) in [5.41, 5.74) is 5.30. The van der Waals surface area contributed by atoms with Gasteiger partial charge >= 0.3 is 0 Å². The SMILES string of the molecule is c1ccc(-c2nc(-c3cccc4cc(-c5ccc6ccccc6c5)ccc34)nc(-c3cccc4c3ccc3ccccc34)n2)cc1. The maximum Gasteiger partial charge on any atom is 0.164 e. The number of benzene rings is 8. The van der Waals surface area contributed by atoms with Crippen molar-refractivity contribution in [1.29, 1.82) is 0 Å². The highest BCUT2D eigenvalue weighted by atomic mass is 15.0. The van der Waals surface area contributed by atoms with E-state index in [0.29, 0.717) is 17.5 Å². The van der Waals surface area contributed by atoms with Gasteiger partial charge in [0.1, 0.15) is 0 Å². The molecule has 1 aromatic heterocycles. The lowest BCUT2D eigenvalue weighted by Crippen LogP contribution is -2.01. The number of rotatable bonds is 4. The second-order valence-electron chi connectivity index (χ2n) is 11.7. The standard InChI is InChI=1S/C43H27N3/c1-2-12-30(13-3-1)41-44-42(46-43(45-41)40-19-9-17-37-35-16-7-6-11-29(35)22-25-38(37)40)39-18-8-15-34-27-33(23-24-36(34)39)32-21-20-28-10-4-5-14-31(28)26-32/h1-27H. The molecule has 0 atom stereocenters. The van der Waals surface area contributed by atoms with Crippen molar-refractivity contribution in [2.45, 2.75) is 0 Å². The molecule has 0 fully saturated rings. The summed E-state index contributed by atoms with van der Waals surface area (Å²) in [6, 6.07) is 57.6. The van der Waals surface area contributed by atoms with Crippen LogP contribution in [0.2, 0.25) is 0 Å². The minimum atomic E-state index is 0.656. The van der Waals surface area contributed by atoms with Crippen LogP contribution in [0.5, 0.6) is 0 Å². The third-order valence-electron chi connectivity index (χ3n) is 8.90. The van der Waals surface area contributed by atoms with Gasteiger partial charge in [0.05, 0.1) is 0 Å². The van der Waals surface area contributed by atoms with Crippen LogP contribution < -0.4 is 0 Å². The molecule has 0 amide bonds. The van der Waals surface area contributed by atoms with E-state index in [9.17, 15) is 0 Å². The van der Waals surface area contributed by atoms with E-state index in [1.165, 1.54) is 38.1 Å². The molecule has 0 aliphatic carbocycles. The Hall–Kier alpha value is -6.19. The lowest BCUT2D eigenvalue weighted by Gasteiger charge is -2.13. The Morgan fingerprint density at radius 2 is 0.804 bits per heavy atom. The zero-order valence-electron chi connectivity index (χ0n) is 24.9. The highest BCUT2D eigenvalue weighted by Gasteiger charge is 2.16. The second kappa shape index (κ2) is 10.8. The van der Waals surface area contributed by atoms with Crippen molar-refractivity contribution < 1.29 is 0 Å². The Kier molecular flexibility index (Phi) is 6.14. The van der Waals surface area contributed by atoms with E-state index >= 15 is 0 Å². The molecule has 8 aromatic carbocycles. The first-order valence-electron chi connectivity index (χ1n) is 15.5. The van der Waals surface area contributed by atoms with Crippen LogP contribution >= 0.6 is 0 Å². The van der Waals surface area contributed by atoms with Gasteiger partial charge in [-0.2, -0.15) is 0 Å². The smallest absolute Gasteiger partial charge is 0.164 e. The summed E-state index contributed by atoms with van der Waals surface area (Å²) >= 11 is 0. The number of fused-ring (bicyclic) bond motifs is 5. The number of nitrogens with zero attached hydrogens (tertiary/aromatic N) is 3. The maximum atomic E-state index is 5.17. The molecule has 46 heavy (non-hydrogen) atoms. The summed E-state index contributed by atoms with van der Waals surface area (Å²) in [5.74, 6) is 1.98. The van der Waals surface area contributed by atoms with Crippen molar-refractivity contribution >= 4 is 43.1 Å². The van der Waals surface area contributed by atoms with Crippen molar-refractivity contribution in [3.05, 3.63) is 164 Å². The topological polar surface area (TPSA) is 38.7 Å². The molecule has 0 N–H and O–H groups in total. The lowest BCUT2D eigenvalue weighted by molar-refractivity contribution is 1.08. The summed E-state index contributed by atoms with van der Waals surface area (Å²) in [6.45, 7) is 0. The third kappa shape index (κ3) is 4.49. The van der Waals surface area contributed by atoms with Crippen molar-refractivity contribution in [3.63, 3.8) is 0 Å². The zero-order valence-corrected chi connectivity index (χ0v) is 24.9. The molecule has 3 nitrogen and oxygen atoms in total. The second-order valence-corrected chi connectivity index (χ2v) is 11.7. The normalized spacial score (nSPS) is 11.5. The van der Waals surface area contributed by atoms with Crippen molar-refractivity contribution in [2.24, 2.45) is 0 Å². The first kappa shape index (κ1) is 26.2. The largest absolute Gasteiger partial charge is 0.208 e. The summed E-state index contributed by atoms with van der Waals surface area (Å²) in [7, 11) is 0. The Balaban J connectivity index is 1.23. The van der Waals surface area contributed by atoms with Gasteiger partial charge in [-0.05, 0) is 66.3 Å². The average Bonchev–Trinajstić information content (AvgIpc) is 3.14. The quantitative estimate of drug-likeness (QED) is 0.193. The van der Waals surface area contributed by atoms with Crippen molar-refractivity contribution in [1.82, 2.24) is 15.0 Å². The van der Waals surface area contributed by atoms with Gasteiger partial charge < -0.3 is 0 Å². The van der Waals surface area contributed by atoms with E-state index in [1.807, 2.05) is 18.2 Å². The van der Waals surface area contributed by atoms with Crippen LogP contribution in [0.1, 0.15) is 0 Å². The molecule has 0 saturated heterocycles. The highest BCUT2D eigenvalue weighted by molar-refractivity contribution is 6.11. The summed E-state index contributed by atoms with van der Waals surface area (Å²) in [4.78, 5) is 15.3. The zero-order chi connectivity index (χ0) is 30.5. The van der Waals surface area contributed by atoms with Gasteiger partial charge in [0.25, 0.3) is 0 Å². The van der Waals surface area contributed by atoms with Crippen LogP contribution in [0.3, 0.4) is 0 Å². The summed E-state index contributed by atoms with van der Waals surface area (Å²) in [6.07, 6.45) is 0. The van der Waals surface area contributed by atoms with E-state index in [4.69, 9.17) is 15.0 Å². The maximum absolute atomic E-state index is 5.17. The molecule has 0 radical (unpaired) electrons. The van der Waals surface area contributed by atoms with Gasteiger partial charge in [0.2, 0.25) is 0 Å². The fourth-order valence-corrected chi connectivity index (χ4v) is 6.60. The van der Waals surface area contributed by atoms with Gasteiger partial charge in [0.15, 0.2) is 17.5 Å². The predicted octanol–water partition coefficient (Wildman–Crippen LogP) is 11.2. The molecular formula is C43H27N3. The Morgan fingerprint density at radius 3 is 1.63 bits per heavy atom. The molecular weight excluding hydrogens is 558 g/mol. The first-order chi connectivity index (χ1) is 22.8. The minimum absolute atomic E-state index is 0.656. The van der Waals surface area contributed by atoms with Crippen LogP contribution in [0.4, 0.5) is 0 Å². The Labute approximate surface area is 266 Å². The predicted molar refractivity (Wildman–Crippen MR) is 192 cm³/mol. The van der Waals surface area contributed by atoms with Crippen LogP contribution in [-0.2, 0) is 0 Å². The summed E-state index contributed by atoms with van der Waals surface area (Å²) < 4.78 is 0. The molecule has 0 spiro atoms. The molecule has 3 heteroatoms. The molecule has 214 valence electrons. The van der Waals surface area contributed by atoms with Crippen LogP contribution in [0, 0.1) is 0 Å². The molecule has 9 aromatic rings. The van der Waals surface area contributed by atoms with E-state index in [2.05, 4.69) is 146 Å². The molecule has 0 unspecified atom stereocenters. The van der Waals surface area contributed by atoms with Gasteiger partial charge in [-0.1, -0.05) is 152 Å². The number of hydrogen-bond donors (Lipinski definition) is 0. The third-order valence-corrected chi connectivity index (χ3v) is 8.90. The lowest BCUT2D eigenvalue weighted by atomic mass is 9.96. The molecule has 9 rings (SSSR count). The van der Waals surface area contributed by atoms with Crippen molar-refractivity contribution in [2.75, 3.05) is 0 Å². The Morgan fingerprint density at radius 1 is 0.261 bits per heavy atom. The van der Waals surface area contributed by atoms with E-state index < -0.39 is 0 Å². The number of aromatic nitrogens is 3. The fraction of sp³-hybridized carbons (Fsp3) is 0. The molecule has 0 saturated carbocycles. The van der Waals surface area contributed by atoms with E-state index in [0.717, 1.165) is 32.8 Å². The monoisotopic (exact) mass is 585 g/mol.